The van der Waals surface area contributed by atoms with Gasteiger partial charge >= 0.3 is 0 Å². The number of carbonyl (C=O) groups excluding carboxylic acids is 1. The molecule has 0 aliphatic rings. The van der Waals surface area contributed by atoms with Gasteiger partial charge in [0.1, 0.15) is 11.5 Å². The Balaban J connectivity index is 1.54. The number of aryl methyl sites for hydroxylation is 1. The second-order valence-corrected chi connectivity index (χ2v) is 6.62. The Hall–Kier alpha value is -2.63. The predicted molar refractivity (Wildman–Crippen MR) is 107 cm³/mol. The Kier molecular flexibility index (Phi) is 5.71. The molecule has 0 aliphatic carbocycles. The molecule has 1 aromatic heterocycles. The van der Waals surface area contributed by atoms with E-state index in [4.69, 9.17) is 28.2 Å². The summed E-state index contributed by atoms with van der Waals surface area (Å²) in [7, 11) is 0. The van der Waals surface area contributed by atoms with Crippen LogP contribution in [0.2, 0.25) is 5.02 Å². The number of nitrogens with one attached hydrogen (secondary N) is 2. The van der Waals surface area contributed by atoms with Gasteiger partial charge in [-0.3, -0.25) is 10.1 Å². The second-order valence-electron chi connectivity index (χ2n) is 5.78. The molecule has 0 radical (unpaired) electrons. The minimum absolute atomic E-state index is 0.246. The first-order valence-corrected chi connectivity index (χ1v) is 8.80. The maximum atomic E-state index is 12.1. The van der Waals surface area contributed by atoms with Crippen molar-refractivity contribution in [1.29, 1.82) is 0 Å². The lowest BCUT2D eigenvalue weighted by Crippen LogP contribution is -2.38. The number of furan rings is 1. The molecule has 2 N–H and O–H groups in total. The van der Waals surface area contributed by atoms with Gasteiger partial charge < -0.3 is 9.73 Å². The molecule has 3 rings (SSSR count). The number of hydrogen-bond donors (Lipinski definition) is 2. The average Bonchev–Trinajstić information content (AvgIpc) is 3.10. The zero-order valence-electron chi connectivity index (χ0n) is 14.1. The van der Waals surface area contributed by atoms with Crippen LogP contribution >= 0.6 is 23.8 Å². The minimum atomic E-state index is -0.246. The van der Waals surface area contributed by atoms with E-state index in [0.29, 0.717) is 22.9 Å². The van der Waals surface area contributed by atoms with Gasteiger partial charge in [0.05, 0.1) is 6.54 Å². The Morgan fingerprint density at radius 1 is 1.04 bits per heavy atom. The van der Waals surface area contributed by atoms with Crippen LogP contribution in [-0.4, -0.2) is 11.0 Å². The van der Waals surface area contributed by atoms with Gasteiger partial charge in [-0.25, -0.2) is 0 Å². The van der Waals surface area contributed by atoms with Crippen molar-refractivity contribution in [1.82, 2.24) is 10.6 Å². The molecule has 1 amide bonds. The maximum absolute atomic E-state index is 12.1. The zero-order chi connectivity index (χ0) is 18.5. The summed E-state index contributed by atoms with van der Waals surface area (Å²) in [6.07, 6.45) is 0. The first kappa shape index (κ1) is 18.2. The van der Waals surface area contributed by atoms with Crippen LogP contribution in [0.25, 0.3) is 11.3 Å². The van der Waals surface area contributed by atoms with Gasteiger partial charge in [-0.15, -0.1) is 0 Å². The van der Waals surface area contributed by atoms with Gasteiger partial charge in [-0.05, 0) is 67.7 Å². The standard InChI is InChI=1S/C20H17ClN2O2S/c1-13-2-4-15(5-3-13)19(24)23-20(26)22-12-17-10-11-18(25-17)14-6-8-16(21)9-7-14/h2-11H,12H2,1H3,(H2,22,23,24,26). The number of benzene rings is 2. The monoisotopic (exact) mass is 384 g/mol. The molecule has 0 fully saturated rings. The molecule has 0 atom stereocenters. The number of rotatable bonds is 4. The molecule has 3 aromatic rings. The van der Waals surface area contributed by atoms with E-state index < -0.39 is 0 Å². The van der Waals surface area contributed by atoms with Crippen molar-refractivity contribution in [2.45, 2.75) is 13.5 Å². The minimum Gasteiger partial charge on any atom is -0.459 e. The molecule has 1 heterocycles. The number of carbonyl (C=O) groups is 1. The number of hydrogen-bond acceptors (Lipinski definition) is 3. The molecule has 0 saturated heterocycles. The normalized spacial score (nSPS) is 10.4. The van der Waals surface area contributed by atoms with Gasteiger partial charge in [0.25, 0.3) is 5.91 Å². The molecule has 4 nitrogen and oxygen atoms in total. The first-order chi connectivity index (χ1) is 12.5. The molecular weight excluding hydrogens is 368 g/mol. The van der Waals surface area contributed by atoms with Crippen LogP contribution in [0, 0.1) is 6.92 Å². The van der Waals surface area contributed by atoms with Crippen molar-refractivity contribution < 1.29 is 9.21 Å². The van der Waals surface area contributed by atoms with Crippen molar-refractivity contribution in [3.8, 4) is 11.3 Å². The maximum Gasteiger partial charge on any atom is 0.257 e. The van der Waals surface area contributed by atoms with E-state index in [1.807, 2.05) is 55.5 Å². The highest BCUT2D eigenvalue weighted by Crippen LogP contribution is 2.23. The highest BCUT2D eigenvalue weighted by atomic mass is 35.5. The SMILES string of the molecule is Cc1ccc(C(=O)NC(=S)NCc2ccc(-c3ccc(Cl)cc3)o2)cc1. The number of amides is 1. The molecular formula is C20H17ClN2O2S. The Labute approximate surface area is 162 Å². The third-order valence-corrected chi connectivity index (χ3v) is 4.25. The van der Waals surface area contributed by atoms with Crippen LogP contribution in [0.1, 0.15) is 21.7 Å². The van der Waals surface area contributed by atoms with Crippen LogP contribution < -0.4 is 10.6 Å². The molecule has 6 heteroatoms. The Morgan fingerprint density at radius 3 is 2.42 bits per heavy atom. The fourth-order valence-corrected chi connectivity index (χ4v) is 2.62. The summed E-state index contributed by atoms with van der Waals surface area (Å²) in [5.74, 6) is 1.21. The largest absolute Gasteiger partial charge is 0.459 e. The summed E-state index contributed by atoms with van der Waals surface area (Å²) in [6, 6.07) is 18.4. The molecule has 0 aliphatic heterocycles. The van der Waals surface area contributed by atoms with Crippen molar-refractivity contribution in [3.05, 3.63) is 82.6 Å². The zero-order valence-corrected chi connectivity index (χ0v) is 15.7. The van der Waals surface area contributed by atoms with Gasteiger partial charge in [-0.1, -0.05) is 29.3 Å². The topological polar surface area (TPSA) is 54.3 Å². The molecule has 0 saturated carbocycles. The van der Waals surface area contributed by atoms with Crippen LogP contribution in [0.5, 0.6) is 0 Å². The summed E-state index contributed by atoms with van der Waals surface area (Å²) < 4.78 is 5.78. The lowest BCUT2D eigenvalue weighted by Gasteiger charge is -2.08. The van der Waals surface area contributed by atoms with E-state index in [9.17, 15) is 4.79 Å². The fraction of sp³-hybridized carbons (Fsp3) is 0.100. The summed E-state index contributed by atoms with van der Waals surface area (Å²) in [4.78, 5) is 12.1. The highest BCUT2D eigenvalue weighted by molar-refractivity contribution is 7.80. The van der Waals surface area contributed by atoms with E-state index in [2.05, 4.69) is 10.6 Å². The third kappa shape index (κ3) is 4.71. The van der Waals surface area contributed by atoms with Crippen LogP contribution in [0.3, 0.4) is 0 Å². The van der Waals surface area contributed by atoms with Crippen molar-refractivity contribution in [2.75, 3.05) is 0 Å². The van der Waals surface area contributed by atoms with Gasteiger partial charge in [0.2, 0.25) is 0 Å². The fourth-order valence-electron chi connectivity index (χ4n) is 2.33. The van der Waals surface area contributed by atoms with E-state index in [-0.39, 0.29) is 11.0 Å². The second kappa shape index (κ2) is 8.17. The van der Waals surface area contributed by atoms with E-state index in [1.165, 1.54) is 0 Å². The lowest BCUT2D eigenvalue weighted by molar-refractivity contribution is 0.0976. The summed E-state index contributed by atoms with van der Waals surface area (Å²) in [6.45, 7) is 2.34. The lowest BCUT2D eigenvalue weighted by atomic mass is 10.1. The van der Waals surface area contributed by atoms with Gasteiger partial charge in [-0.2, -0.15) is 0 Å². The molecule has 0 unspecified atom stereocenters. The van der Waals surface area contributed by atoms with Gasteiger partial charge in [0, 0.05) is 16.1 Å². The van der Waals surface area contributed by atoms with Crippen LogP contribution in [0.15, 0.2) is 65.1 Å². The predicted octanol–water partition coefficient (Wildman–Crippen LogP) is 4.71. The first-order valence-electron chi connectivity index (χ1n) is 8.02. The Morgan fingerprint density at radius 2 is 1.73 bits per heavy atom. The Bertz CT molecular complexity index is 918. The quantitative estimate of drug-likeness (QED) is 0.639. The van der Waals surface area contributed by atoms with E-state index >= 15 is 0 Å². The number of thiocarbonyl (C=S) groups is 1. The summed E-state index contributed by atoms with van der Waals surface area (Å²) in [5, 5.41) is 6.55. The third-order valence-electron chi connectivity index (χ3n) is 3.75. The van der Waals surface area contributed by atoms with Crippen molar-refractivity contribution in [3.63, 3.8) is 0 Å². The molecule has 0 bridgehead atoms. The summed E-state index contributed by atoms with van der Waals surface area (Å²) >= 11 is 11.1. The molecule has 2 aromatic carbocycles. The highest BCUT2D eigenvalue weighted by Gasteiger charge is 2.09. The molecule has 26 heavy (non-hydrogen) atoms. The molecule has 132 valence electrons. The van der Waals surface area contributed by atoms with E-state index in [0.717, 1.165) is 16.9 Å². The van der Waals surface area contributed by atoms with Crippen LogP contribution in [0.4, 0.5) is 0 Å². The molecule has 0 spiro atoms. The van der Waals surface area contributed by atoms with E-state index in [1.54, 1.807) is 12.1 Å². The van der Waals surface area contributed by atoms with Crippen molar-refractivity contribution >= 4 is 34.8 Å². The average molecular weight is 385 g/mol. The van der Waals surface area contributed by atoms with Gasteiger partial charge in [0.15, 0.2) is 5.11 Å². The van der Waals surface area contributed by atoms with Crippen molar-refractivity contribution in [2.24, 2.45) is 0 Å². The summed E-state index contributed by atoms with van der Waals surface area (Å²) in [5.41, 5.74) is 2.59. The smallest absolute Gasteiger partial charge is 0.257 e. The number of halogens is 1. The van der Waals surface area contributed by atoms with Crippen LogP contribution in [-0.2, 0) is 6.54 Å².